The van der Waals surface area contributed by atoms with Crippen LogP contribution in [0.1, 0.15) is 26.2 Å². The SMILES string of the molecule is C[C@]1(N)C[C@H](C(=O)O)N(C(=S)NCCCC(=O)O)C1. The minimum absolute atomic E-state index is 0.0482. The predicted octanol–water partition coefficient (Wildman–Crippen LogP) is -0.398. The number of carbonyl (C=O) groups is 2. The first-order chi connectivity index (χ1) is 8.73. The number of hydrogen-bond acceptors (Lipinski definition) is 4. The summed E-state index contributed by atoms with van der Waals surface area (Å²) in [5.74, 6) is -1.82. The van der Waals surface area contributed by atoms with Crippen molar-refractivity contribution in [3.05, 3.63) is 0 Å². The number of nitrogens with zero attached hydrogens (tertiary/aromatic N) is 1. The number of carboxylic acid groups (broad SMARTS) is 2. The molecule has 1 rings (SSSR count). The second kappa shape index (κ2) is 6.16. The lowest BCUT2D eigenvalue weighted by Gasteiger charge is -2.25. The molecule has 19 heavy (non-hydrogen) atoms. The molecular formula is C11H19N3O4S. The lowest BCUT2D eigenvalue weighted by atomic mass is 10.0. The highest BCUT2D eigenvalue weighted by Gasteiger charge is 2.42. The lowest BCUT2D eigenvalue weighted by molar-refractivity contribution is -0.141. The summed E-state index contributed by atoms with van der Waals surface area (Å²) >= 11 is 5.14. The summed E-state index contributed by atoms with van der Waals surface area (Å²) in [6, 6.07) is -0.727. The van der Waals surface area contributed by atoms with Crippen molar-refractivity contribution in [2.45, 2.75) is 37.8 Å². The Morgan fingerprint density at radius 2 is 2.16 bits per heavy atom. The Hall–Kier alpha value is -1.41. The molecule has 0 aromatic heterocycles. The van der Waals surface area contributed by atoms with E-state index in [4.69, 9.17) is 28.2 Å². The summed E-state index contributed by atoms with van der Waals surface area (Å²) in [5, 5.41) is 20.8. The molecule has 108 valence electrons. The second-order valence-corrected chi connectivity index (χ2v) is 5.46. The van der Waals surface area contributed by atoms with Gasteiger partial charge in [0.15, 0.2) is 5.11 Å². The van der Waals surface area contributed by atoms with Gasteiger partial charge in [0.1, 0.15) is 6.04 Å². The van der Waals surface area contributed by atoms with Crippen LogP contribution in [0.5, 0.6) is 0 Å². The lowest BCUT2D eigenvalue weighted by Crippen LogP contribution is -2.47. The van der Waals surface area contributed by atoms with Gasteiger partial charge in [-0.2, -0.15) is 0 Å². The largest absolute Gasteiger partial charge is 0.481 e. The van der Waals surface area contributed by atoms with Crippen LogP contribution in [0.25, 0.3) is 0 Å². The minimum Gasteiger partial charge on any atom is -0.481 e. The van der Waals surface area contributed by atoms with E-state index in [0.717, 1.165) is 0 Å². The highest BCUT2D eigenvalue weighted by atomic mass is 32.1. The molecule has 2 atom stereocenters. The fourth-order valence-corrected chi connectivity index (χ4v) is 2.38. The summed E-state index contributed by atoms with van der Waals surface area (Å²) in [7, 11) is 0. The van der Waals surface area contributed by atoms with Crippen molar-refractivity contribution in [3.63, 3.8) is 0 Å². The van der Waals surface area contributed by atoms with Crippen molar-refractivity contribution in [3.8, 4) is 0 Å². The number of nitrogens with one attached hydrogen (secondary N) is 1. The van der Waals surface area contributed by atoms with E-state index in [1.54, 1.807) is 11.8 Å². The van der Waals surface area contributed by atoms with Gasteiger partial charge in [0.05, 0.1) is 0 Å². The fourth-order valence-electron chi connectivity index (χ4n) is 2.09. The maximum atomic E-state index is 11.2. The van der Waals surface area contributed by atoms with E-state index in [-0.39, 0.29) is 6.42 Å². The molecule has 0 unspecified atom stereocenters. The normalized spacial score (nSPS) is 26.2. The topological polar surface area (TPSA) is 116 Å². The molecule has 1 saturated heterocycles. The first kappa shape index (κ1) is 15.6. The third-order valence-electron chi connectivity index (χ3n) is 2.96. The van der Waals surface area contributed by atoms with E-state index in [1.807, 2.05) is 0 Å². The van der Waals surface area contributed by atoms with Gasteiger partial charge in [-0.05, 0) is 32.0 Å². The number of likely N-dealkylation sites (tertiary alicyclic amines) is 1. The van der Waals surface area contributed by atoms with Gasteiger partial charge >= 0.3 is 11.9 Å². The van der Waals surface area contributed by atoms with Crippen molar-refractivity contribution in [2.75, 3.05) is 13.1 Å². The summed E-state index contributed by atoms with van der Waals surface area (Å²) in [6.45, 7) is 2.56. The van der Waals surface area contributed by atoms with Crippen LogP contribution < -0.4 is 11.1 Å². The number of hydrogen-bond donors (Lipinski definition) is 4. The monoisotopic (exact) mass is 289 g/mol. The number of thiocarbonyl (C=S) groups is 1. The first-order valence-corrected chi connectivity index (χ1v) is 6.42. The third-order valence-corrected chi connectivity index (χ3v) is 3.34. The third kappa shape index (κ3) is 4.64. The van der Waals surface area contributed by atoms with Crippen LogP contribution in [0.3, 0.4) is 0 Å². The molecule has 0 aromatic rings. The Bertz CT molecular complexity index is 386. The highest BCUT2D eigenvalue weighted by molar-refractivity contribution is 7.80. The zero-order valence-corrected chi connectivity index (χ0v) is 11.6. The van der Waals surface area contributed by atoms with E-state index >= 15 is 0 Å². The standard InChI is InChI=1S/C11H19N3O4S/c1-11(12)5-7(9(17)18)14(6-11)10(19)13-4-2-3-8(15)16/h7H,2-6,12H2,1H3,(H,13,19)(H,15,16)(H,17,18)/t7-,11+/m1/s1. The molecule has 0 amide bonds. The highest BCUT2D eigenvalue weighted by Crippen LogP contribution is 2.25. The van der Waals surface area contributed by atoms with Crippen LogP contribution in [0, 0.1) is 0 Å². The molecule has 7 nitrogen and oxygen atoms in total. The van der Waals surface area contributed by atoms with Crippen LogP contribution in [0.2, 0.25) is 0 Å². The van der Waals surface area contributed by atoms with Crippen molar-refractivity contribution in [2.24, 2.45) is 5.73 Å². The minimum atomic E-state index is -0.955. The first-order valence-electron chi connectivity index (χ1n) is 6.01. The Morgan fingerprint density at radius 3 is 2.68 bits per heavy atom. The second-order valence-electron chi connectivity index (χ2n) is 5.07. The molecule has 1 fully saturated rings. The Labute approximate surface area is 116 Å². The quantitative estimate of drug-likeness (QED) is 0.399. The van der Waals surface area contributed by atoms with Gasteiger partial charge < -0.3 is 26.2 Å². The Kier molecular flexibility index (Phi) is 5.07. The summed E-state index contributed by atoms with van der Waals surface area (Å²) in [5.41, 5.74) is 5.37. The molecule has 0 bridgehead atoms. The van der Waals surface area contributed by atoms with Crippen molar-refractivity contribution >= 4 is 29.3 Å². The smallest absolute Gasteiger partial charge is 0.326 e. The van der Waals surface area contributed by atoms with Gasteiger partial charge in [-0.15, -0.1) is 0 Å². The van der Waals surface area contributed by atoms with Crippen LogP contribution in [0.4, 0.5) is 0 Å². The molecule has 0 aromatic carbocycles. The number of aliphatic carboxylic acids is 2. The average Bonchev–Trinajstić information content (AvgIpc) is 2.60. The molecule has 0 aliphatic carbocycles. The van der Waals surface area contributed by atoms with Crippen molar-refractivity contribution < 1.29 is 19.8 Å². The van der Waals surface area contributed by atoms with E-state index in [1.165, 1.54) is 0 Å². The molecular weight excluding hydrogens is 270 g/mol. The molecule has 1 aliphatic rings. The summed E-state index contributed by atoms with van der Waals surface area (Å²) < 4.78 is 0. The van der Waals surface area contributed by atoms with E-state index < -0.39 is 23.5 Å². The van der Waals surface area contributed by atoms with Crippen LogP contribution in [0.15, 0.2) is 0 Å². The molecule has 0 saturated carbocycles. The summed E-state index contributed by atoms with van der Waals surface area (Å²) in [4.78, 5) is 23.1. The molecule has 5 N–H and O–H groups in total. The van der Waals surface area contributed by atoms with Crippen LogP contribution in [-0.4, -0.2) is 56.8 Å². The van der Waals surface area contributed by atoms with Gasteiger partial charge in [0.25, 0.3) is 0 Å². The Balaban J connectivity index is 2.50. The van der Waals surface area contributed by atoms with Gasteiger partial charge in [0, 0.05) is 25.0 Å². The van der Waals surface area contributed by atoms with E-state index in [2.05, 4.69) is 5.32 Å². The van der Waals surface area contributed by atoms with Crippen molar-refractivity contribution in [1.82, 2.24) is 10.2 Å². The van der Waals surface area contributed by atoms with Crippen LogP contribution in [-0.2, 0) is 9.59 Å². The van der Waals surface area contributed by atoms with Crippen LogP contribution >= 0.6 is 12.2 Å². The fraction of sp³-hybridized carbons (Fsp3) is 0.727. The average molecular weight is 289 g/mol. The maximum absolute atomic E-state index is 11.2. The van der Waals surface area contributed by atoms with Gasteiger partial charge in [-0.25, -0.2) is 4.79 Å². The maximum Gasteiger partial charge on any atom is 0.326 e. The predicted molar refractivity (Wildman–Crippen MR) is 72.8 cm³/mol. The van der Waals surface area contributed by atoms with Gasteiger partial charge in [0.2, 0.25) is 0 Å². The van der Waals surface area contributed by atoms with E-state index in [9.17, 15) is 9.59 Å². The Morgan fingerprint density at radius 1 is 1.53 bits per heavy atom. The molecule has 8 heteroatoms. The molecule has 0 radical (unpaired) electrons. The van der Waals surface area contributed by atoms with Gasteiger partial charge in [-0.3, -0.25) is 4.79 Å². The molecule has 1 heterocycles. The van der Waals surface area contributed by atoms with E-state index in [0.29, 0.717) is 31.0 Å². The number of carboxylic acids is 2. The van der Waals surface area contributed by atoms with Crippen molar-refractivity contribution in [1.29, 1.82) is 0 Å². The number of nitrogens with two attached hydrogens (primary N) is 1. The zero-order valence-electron chi connectivity index (χ0n) is 10.8. The summed E-state index contributed by atoms with van der Waals surface area (Å²) in [6.07, 6.45) is 0.812. The zero-order chi connectivity index (χ0) is 14.6. The molecule has 1 aliphatic heterocycles. The number of rotatable bonds is 5. The molecule has 0 spiro atoms. The van der Waals surface area contributed by atoms with Gasteiger partial charge in [-0.1, -0.05) is 0 Å².